The smallest absolute Gasteiger partial charge is 0.320 e. The largest absolute Gasteiger partial charge is 0.393 e. The van der Waals surface area contributed by atoms with Gasteiger partial charge in [0.2, 0.25) is 0 Å². The predicted octanol–water partition coefficient (Wildman–Crippen LogP) is 3.16. The maximum atomic E-state index is 12.0. The van der Waals surface area contributed by atoms with E-state index in [0.29, 0.717) is 0 Å². The molecule has 0 radical (unpaired) electrons. The van der Waals surface area contributed by atoms with E-state index >= 15 is 0 Å². The van der Waals surface area contributed by atoms with Crippen LogP contribution in [0.2, 0.25) is 0 Å². The summed E-state index contributed by atoms with van der Waals surface area (Å²) in [6.07, 6.45) is -1.38. The maximum absolute atomic E-state index is 12.0. The van der Waals surface area contributed by atoms with E-state index in [1.54, 1.807) is 0 Å². The third kappa shape index (κ3) is 1.28. The molecule has 1 saturated carbocycles. The summed E-state index contributed by atoms with van der Waals surface area (Å²) in [5.41, 5.74) is 0. The van der Waals surface area contributed by atoms with Crippen LogP contribution in [-0.2, 0) is 19.1 Å². The van der Waals surface area contributed by atoms with Crippen molar-refractivity contribution in [3.8, 4) is 0 Å². The molecular formula is C13H6Cl6O4. The fourth-order valence-electron chi connectivity index (χ4n) is 5.10. The lowest BCUT2D eigenvalue weighted by Gasteiger charge is -2.39. The number of fused-ring (bicyclic) bond motifs is 12. The lowest BCUT2D eigenvalue weighted by atomic mass is 9.65. The summed E-state index contributed by atoms with van der Waals surface area (Å²) < 4.78 is 8.95. The van der Waals surface area contributed by atoms with Crippen LogP contribution in [0.3, 0.4) is 0 Å². The highest BCUT2D eigenvalue weighted by Crippen LogP contribution is 2.81. The van der Waals surface area contributed by atoms with Gasteiger partial charge in [-0.25, -0.2) is 0 Å². The van der Waals surface area contributed by atoms with Gasteiger partial charge in [0.15, 0.2) is 4.33 Å². The van der Waals surface area contributed by atoms with Gasteiger partial charge in [0.1, 0.15) is 9.75 Å². The molecule has 3 aliphatic heterocycles. The molecule has 0 aromatic heterocycles. The van der Waals surface area contributed by atoms with E-state index in [0.717, 1.165) is 0 Å². The summed E-state index contributed by atoms with van der Waals surface area (Å²) in [4.78, 5) is 21.0. The third-order valence-corrected chi connectivity index (χ3v) is 10.2. The summed E-state index contributed by atoms with van der Waals surface area (Å²) >= 11 is 39.2. The number of ether oxygens (including phenoxy) is 2. The van der Waals surface area contributed by atoms with Crippen LogP contribution in [0.5, 0.6) is 0 Å². The molecule has 0 amide bonds. The summed E-state index contributed by atoms with van der Waals surface area (Å²) in [7, 11) is 0. The second-order valence-electron chi connectivity index (χ2n) is 6.53. The summed E-state index contributed by atoms with van der Waals surface area (Å²) in [6.45, 7) is 0. The monoisotopic (exact) mass is 436 g/mol. The number of hydrogen-bond acceptors (Lipinski definition) is 4. The molecule has 4 nitrogen and oxygen atoms in total. The van der Waals surface area contributed by atoms with Crippen molar-refractivity contribution in [2.45, 2.75) is 26.3 Å². The molecule has 0 N–H and O–H groups in total. The SMILES string of the molecule is O=C1OC(=O)[C@H]2[C@H]3O[C@@H]([C@@H]12)[C@H]1[C@@H]3[C@@]2(Cl)C(Cl)=C(Cl)[C@]1(Cl)C2(Cl)Cl. The van der Waals surface area contributed by atoms with Crippen molar-refractivity contribution in [3.05, 3.63) is 10.1 Å². The normalized spacial score (nSPS) is 58.0. The fraction of sp³-hybridized carbons (Fsp3) is 0.692. The first kappa shape index (κ1) is 15.8. The quantitative estimate of drug-likeness (QED) is 0.331. The number of cyclic esters (lactones) is 2. The molecule has 0 unspecified atom stereocenters. The first-order valence-electron chi connectivity index (χ1n) is 6.83. The molecule has 4 fully saturated rings. The van der Waals surface area contributed by atoms with E-state index in [1.807, 2.05) is 0 Å². The van der Waals surface area contributed by atoms with Crippen LogP contribution in [0.25, 0.3) is 0 Å². The molecule has 0 aromatic rings. The minimum atomic E-state index is -1.70. The Hall–Kier alpha value is 0.580. The lowest BCUT2D eigenvalue weighted by molar-refractivity contribution is -0.157. The summed E-state index contributed by atoms with van der Waals surface area (Å²) in [5, 5.41) is 0.125. The Balaban J connectivity index is 1.75. The fourth-order valence-corrected chi connectivity index (χ4v) is 8.16. The van der Waals surface area contributed by atoms with Crippen molar-refractivity contribution in [1.29, 1.82) is 0 Å². The highest BCUT2D eigenvalue weighted by molar-refractivity contribution is 6.65. The molecule has 5 rings (SSSR count). The van der Waals surface area contributed by atoms with Crippen molar-refractivity contribution >= 4 is 81.5 Å². The summed E-state index contributed by atoms with van der Waals surface area (Å²) in [6, 6.07) is 0. The average molecular weight is 439 g/mol. The molecule has 5 aliphatic rings. The average Bonchev–Trinajstić information content (AvgIpc) is 3.17. The second kappa shape index (κ2) is 4.11. The van der Waals surface area contributed by atoms with Crippen LogP contribution >= 0.6 is 69.6 Å². The van der Waals surface area contributed by atoms with Gasteiger partial charge >= 0.3 is 11.9 Å². The standard InChI is InChI=1S/C13H6Cl6O4/c14-7-8(15)12(17)4-3(11(7,16)13(12,18)19)5-1-2(6(4)22-5)10(21)23-9(1)20/h1-6H/t1-,2+,3+,4-,5-,6+,11-,12+. The maximum Gasteiger partial charge on any atom is 0.320 e. The number of halogens is 6. The highest BCUT2D eigenvalue weighted by Gasteiger charge is 2.89. The Morgan fingerprint density at radius 2 is 1.17 bits per heavy atom. The third-order valence-electron chi connectivity index (χ3n) is 5.91. The minimum absolute atomic E-state index is 0.0625. The van der Waals surface area contributed by atoms with Crippen molar-refractivity contribution in [1.82, 2.24) is 0 Å². The number of carbonyl (C=O) groups is 2. The van der Waals surface area contributed by atoms with Gasteiger partial charge in [0, 0.05) is 11.8 Å². The minimum Gasteiger partial charge on any atom is -0.393 e. The highest BCUT2D eigenvalue weighted by atomic mass is 35.5. The predicted molar refractivity (Wildman–Crippen MR) is 84.1 cm³/mol. The van der Waals surface area contributed by atoms with Crippen molar-refractivity contribution in [3.63, 3.8) is 0 Å². The van der Waals surface area contributed by atoms with E-state index < -0.39 is 61.9 Å². The molecule has 124 valence electrons. The molecule has 8 atom stereocenters. The van der Waals surface area contributed by atoms with E-state index in [-0.39, 0.29) is 10.1 Å². The number of allylic oxidation sites excluding steroid dienone is 2. The van der Waals surface area contributed by atoms with Crippen LogP contribution in [-0.4, -0.2) is 38.2 Å². The van der Waals surface area contributed by atoms with Gasteiger partial charge in [-0.3, -0.25) is 9.59 Å². The van der Waals surface area contributed by atoms with Gasteiger partial charge in [-0.1, -0.05) is 46.4 Å². The van der Waals surface area contributed by atoms with Gasteiger partial charge in [0.25, 0.3) is 0 Å². The van der Waals surface area contributed by atoms with Crippen LogP contribution in [0.15, 0.2) is 10.1 Å². The first-order chi connectivity index (χ1) is 10.6. The Labute approximate surface area is 160 Å². The van der Waals surface area contributed by atoms with Crippen molar-refractivity contribution < 1.29 is 19.1 Å². The molecule has 4 bridgehead atoms. The Bertz CT molecular complexity index is 680. The van der Waals surface area contributed by atoms with Crippen LogP contribution in [0.4, 0.5) is 0 Å². The van der Waals surface area contributed by atoms with E-state index in [1.165, 1.54) is 0 Å². The number of alkyl halides is 4. The number of esters is 2. The topological polar surface area (TPSA) is 52.6 Å². The van der Waals surface area contributed by atoms with Crippen LogP contribution in [0, 0.1) is 23.7 Å². The second-order valence-corrected chi connectivity index (χ2v) is 9.81. The zero-order valence-corrected chi connectivity index (χ0v) is 15.4. The van der Waals surface area contributed by atoms with Gasteiger partial charge in [-0.2, -0.15) is 0 Å². The Morgan fingerprint density at radius 1 is 0.783 bits per heavy atom. The van der Waals surface area contributed by atoms with Gasteiger partial charge in [-0.15, -0.1) is 23.2 Å². The van der Waals surface area contributed by atoms with Crippen LogP contribution < -0.4 is 0 Å². The van der Waals surface area contributed by atoms with E-state index in [4.69, 9.17) is 79.1 Å². The number of carbonyl (C=O) groups excluding carboxylic acids is 2. The molecule has 2 aliphatic carbocycles. The van der Waals surface area contributed by atoms with Gasteiger partial charge in [0.05, 0.1) is 34.1 Å². The van der Waals surface area contributed by atoms with Gasteiger partial charge in [-0.05, 0) is 0 Å². The molecule has 23 heavy (non-hydrogen) atoms. The Morgan fingerprint density at radius 3 is 1.57 bits per heavy atom. The van der Waals surface area contributed by atoms with E-state index in [9.17, 15) is 9.59 Å². The zero-order valence-electron chi connectivity index (χ0n) is 10.9. The molecule has 3 heterocycles. The number of rotatable bonds is 0. The molecule has 0 spiro atoms. The van der Waals surface area contributed by atoms with Crippen molar-refractivity contribution in [2.24, 2.45) is 23.7 Å². The molecule has 10 heteroatoms. The first-order valence-corrected chi connectivity index (χ1v) is 9.09. The van der Waals surface area contributed by atoms with E-state index in [2.05, 4.69) is 0 Å². The zero-order chi connectivity index (χ0) is 16.7. The lowest BCUT2D eigenvalue weighted by Crippen LogP contribution is -2.50. The molecule has 0 aromatic carbocycles. The molecule has 3 saturated heterocycles. The Kier molecular flexibility index (Phi) is 2.82. The molecular weight excluding hydrogens is 433 g/mol. The van der Waals surface area contributed by atoms with Crippen molar-refractivity contribution in [2.75, 3.05) is 0 Å². The summed E-state index contributed by atoms with van der Waals surface area (Å²) in [5.74, 6) is -3.82. The van der Waals surface area contributed by atoms with Gasteiger partial charge < -0.3 is 9.47 Å². The number of hydrogen-bond donors (Lipinski definition) is 0. The van der Waals surface area contributed by atoms with Crippen LogP contribution in [0.1, 0.15) is 0 Å².